The summed E-state index contributed by atoms with van der Waals surface area (Å²) in [6.07, 6.45) is -3.96. The summed E-state index contributed by atoms with van der Waals surface area (Å²) >= 11 is 0. The van der Waals surface area contributed by atoms with Gasteiger partial charge in [-0.15, -0.1) is 0 Å². The van der Waals surface area contributed by atoms with Crippen LogP contribution in [-0.2, 0) is 12.7 Å². The van der Waals surface area contributed by atoms with Crippen molar-refractivity contribution in [3.63, 3.8) is 0 Å². The third-order valence-corrected chi connectivity index (χ3v) is 5.38. The number of H-pyrrole nitrogens is 1. The minimum Gasteiger partial charge on any atom is -0.396 e. The molecule has 2 aromatic rings. The maximum absolute atomic E-state index is 13.1. The standard InChI is InChI=1S/C20H25F3N4O2/c1-13-17(20(21,22)23)24-18(25-19(13)29)15-5-3-14(4-6-15)11-27-9-8-26(2)16(12-27)7-10-28/h3-6,16,28H,7-12H2,1-2H3,(H,24,25,29). The third kappa shape index (κ3) is 5.04. The van der Waals surface area contributed by atoms with Crippen LogP contribution in [0, 0.1) is 6.92 Å². The summed E-state index contributed by atoms with van der Waals surface area (Å²) in [4.78, 5) is 22.5. The summed E-state index contributed by atoms with van der Waals surface area (Å²) in [5.41, 5.74) is -0.948. The highest BCUT2D eigenvalue weighted by atomic mass is 19.4. The van der Waals surface area contributed by atoms with E-state index in [1.54, 1.807) is 12.1 Å². The third-order valence-electron chi connectivity index (χ3n) is 5.38. The molecule has 1 aromatic heterocycles. The van der Waals surface area contributed by atoms with E-state index < -0.39 is 23.0 Å². The zero-order chi connectivity index (χ0) is 21.2. The van der Waals surface area contributed by atoms with Gasteiger partial charge in [0.2, 0.25) is 0 Å². The highest BCUT2D eigenvalue weighted by molar-refractivity contribution is 5.55. The smallest absolute Gasteiger partial charge is 0.396 e. The largest absolute Gasteiger partial charge is 0.433 e. The summed E-state index contributed by atoms with van der Waals surface area (Å²) in [5.74, 6) is -0.0953. The summed E-state index contributed by atoms with van der Waals surface area (Å²) in [6.45, 7) is 4.64. The summed E-state index contributed by atoms with van der Waals surface area (Å²) < 4.78 is 39.4. The van der Waals surface area contributed by atoms with E-state index in [-0.39, 0.29) is 12.4 Å². The number of rotatable bonds is 5. The van der Waals surface area contributed by atoms with Crippen LogP contribution in [0.1, 0.15) is 23.2 Å². The number of nitrogens with one attached hydrogen (secondary N) is 1. The molecule has 1 aliphatic rings. The van der Waals surface area contributed by atoms with Gasteiger partial charge in [0.05, 0.1) is 0 Å². The molecule has 0 radical (unpaired) electrons. The van der Waals surface area contributed by atoms with Gasteiger partial charge in [-0.3, -0.25) is 9.69 Å². The van der Waals surface area contributed by atoms with Crippen LogP contribution in [0.25, 0.3) is 11.4 Å². The van der Waals surface area contributed by atoms with Crippen molar-refractivity contribution >= 4 is 0 Å². The van der Waals surface area contributed by atoms with Gasteiger partial charge >= 0.3 is 6.18 Å². The predicted octanol–water partition coefficient (Wildman–Crippen LogP) is 2.26. The van der Waals surface area contributed by atoms with Gasteiger partial charge in [-0.1, -0.05) is 24.3 Å². The predicted molar refractivity (Wildman–Crippen MR) is 103 cm³/mol. The molecule has 2 heterocycles. The lowest BCUT2D eigenvalue weighted by molar-refractivity contribution is -0.141. The van der Waals surface area contributed by atoms with Crippen LogP contribution in [0.2, 0.25) is 0 Å². The first-order chi connectivity index (χ1) is 13.7. The number of nitrogens with zero attached hydrogens (tertiary/aromatic N) is 3. The second kappa shape index (κ2) is 8.64. The Balaban J connectivity index is 1.76. The number of likely N-dealkylation sites (N-methyl/N-ethyl adjacent to an activating group) is 1. The van der Waals surface area contributed by atoms with Gasteiger partial charge in [-0.05, 0) is 26.0 Å². The fourth-order valence-corrected chi connectivity index (χ4v) is 3.59. The van der Waals surface area contributed by atoms with Gasteiger partial charge in [0.15, 0.2) is 5.69 Å². The summed E-state index contributed by atoms with van der Waals surface area (Å²) in [6, 6.07) is 7.31. The molecule has 0 amide bonds. The molecule has 1 saturated heterocycles. The number of halogens is 3. The first-order valence-electron chi connectivity index (χ1n) is 9.50. The van der Waals surface area contributed by atoms with Gasteiger partial charge in [-0.25, -0.2) is 4.98 Å². The Labute approximate surface area is 167 Å². The number of aliphatic hydroxyl groups excluding tert-OH is 1. The average Bonchev–Trinajstić information content (AvgIpc) is 2.66. The molecule has 1 fully saturated rings. The van der Waals surface area contributed by atoms with Crippen LogP contribution in [0.5, 0.6) is 0 Å². The second-order valence-corrected chi connectivity index (χ2v) is 7.46. The van der Waals surface area contributed by atoms with Crippen molar-refractivity contribution in [3.8, 4) is 11.4 Å². The molecule has 1 aliphatic heterocycles. The number of hydrogen-bond donors (Lipinski definition) is 2. The molecular formula is C20H25F3N4O2. The van der Waals surface area contributed by atoms with Crippen molar-refractivity contribution in [2.45, 2.75) is 32.1 Å². The Kier molecular flexibility index (Phi) is 6.40. The zero-order valence-corrected chi connectivity index (χ0v) is 16.5. The van der Waals surface area contributed by atoms with Gasteiger partial charge in [0, 0.05) is 50.0 Å². The number of aromatic nitrogens is 2. The fourth-order valence-electron chi connectivity index (χ4n) is 3.59. The van der Waals surface area contributed by atoms with Crippen LogP contribution < -0.4 is 5.56 Å². The normalized spacial score (nSPS) is 18.9. The molecule has 6 nitrogen and oxygen atoms in total. The second-order valence-electron chi connectivity index (χ2n) is 7.46. The zero-order valence-electron chi connectivity index (χ0n) is 16.5. The van der Waals surface area contributed by atoms with Gasteiger partial charge < -0.3 is 15.0 Å². The summed E-state index contributed by atoms with van der Waals surface area (Å²) in [5, 5.41) is 9.21. The molecule has 3 rings (SSSR count). The lowest BCUT2D eigenvalue weighted by Gasteiger charge is -2.39. The van der Waals surface area contributed by atoms with E-state index in [1.165, 1.54) is 0 Å². The van der Waals surface area contributed by atoms with E-state index in [9.17, 15) is 23.1 Å². The van der Waals surface area contributed by atoms with Crippen molar-refractivity contribution in [3.05, 3.63) is 51.4 Å². The Morgan fingerprint density at radius 2 is 1.93 bits per heavy atom. The number of piperazine rings is 1. The van der Waals surface area contributed by atoms with E-state index in [0.717, 1.165) is 38.5 Å². The SMILES string of the molecule is Cc1c(C(F)(F)F)nc(-c2ccc(CN3CCN(C)C(CCO)C3)cc2)[nH]c1=O. The van der Waals surface area contributed by atoms with Crippen molar-refractivity contribution in [1.29, 1.82) is 0 Å². The lowest BCUT2D eigenvalue weighted by atomic mass is 10.1. The van der Waals surface area contributed by atoms with E-state index in [4.69, 9.17) is 0 Å². The van der Waals surface area contributed by atoms with Crippen LogP contribution in [-0.4, -0.2) is 64.2 Å². The van der Waals surface area contributed by atoms with Crippen LogP contribution in [0.15, 0.2) is 29.1 Å². The van der Waals surface area contributed by atoms with Crippen LogP contribution in [0.4, 0.5) is 13.2 Å². The Morgan fingerprint density at radius 3 is 2.55 bits per heavy atom. The first kappa shape index (κ1) is 21.5. The maximum atomic E-state index is 13.1. The molecule has 9 heteroatoms. The van der Waals surface area contributed by atoms with E-state index >= 15 is 0 Å². The highest BCUT2D eigenvalue weighted by Gasteiger charge is 2.36. The van der Waals surface area contributed by atoms with Gasteiger partial charge in [0.25, 0.3) is 5.56 Å². The van der Waals surface area contributed by atoms with Crippen molar-refractivity contribution in [1.82, 2.24) is 19.8 Å². The molecule has 0 aliphatic carbocycles. The fraction of sp³-hybridized carbons (Fsp3) is 0.500. The first-order valence-corrected chi connectivity index (χ1v) is 9.50. The minimum absolute atomic E-state index is 0.0953. The number of benzene rings is 1. The molecule has 0 bridgehead atoms. The molecule has 0 spiro atoms. The quantitative estimate of drug-likeness (QED) is 0.791. The number of hydrogen-bond acceptors (Lipinski definition) is 5. The monoisotopic (exact) mass is 410 g/mol. The lowest BCUT2D eigenvalue weighted by Crippen LogP contribution is -2.51. The number of aromatic amines is 1. The van der Waals surface area contributed by atoms with Crippen molar-refractivity contribution in [2.75, 3.05) is 33.3 Å². The molecule has 0 saturated carbocycles. The van der Waals surface area contributed by atoms with Crippen LogP contribution in [0.3, 0.4) is 0 Å². The topological polar surface area (TPSA) is 72.5 Å². The Hall–Kier alpha value is -2.23. The minimum atomic E-state index is -4.68. The summed E-state index contributed by atoms with van der Waals surface area (Å²) in [7, 11) is 2.05. The Morgan fingerprint density at radius 1 is 1.24 bits per heavy atom. The van der Waals surface area contributed by atoms with Crippen LogP contribution >= 0.6 is 0 Å². The molecule has 1 atom stereocenters. The van der Waals surface area contributed by atoms with E-state index in [0.29, 0.717) is 18.2 Å². The number of alkyl halides is 3. The van der Waals surface area contributed by atoms with E-state index in [1.807, 2.05) is 12.1 Å². The van der Waals surface area contributed by atoms with Crippen molar-refractivity contribution in [2.24, 2.45) is 0 Å². The average molecular weight is 410 g/mol. The van der Waals surface area contributed by atoms with Gasteiger partial charge in [0.1, 0.15) is 5.82 Å². The Bertz CT molecular complexity index is 896. The number of aliphatic hydroxyl groups is 1. The molecule has 2 N–H and O–H groups in total. The highest BCUT2D eigenvalue weighted by Crippen LogP contribution is 2.30. The molecule has 1 aromatic carbocycles. The molecule has 158 valence electrons. The van der Waals surface area contributed by atoms with E-state index in [2.05, 4.69) is 26.8 Å². The maximum Gasteiger partial charge on any atom is 0.433 e. The molecular weight excluding hydrogens is 385 g/mol. The molecule has 1 unspecified atom stereocenters. The molecule has 29 heavy (non-hydrogen) atoms. The van der Waals surface area contributed by atoms with Gasteiger partial charge in [-0.2, -0.15) is 13.2 Å². The van der Waals surface area contributed by atoms with Crippen molar-refractivity contribution < 1.29 is 18.3 Å².